The van der Waals surface area contributed by atoms with Crippen molar-refractivity contribution in [3.05, 3.63) is 44.5 Å². The number of ether oxygens (including phenoxy) is 1. The Morgan fingerprint density at radius 1 is 1.33 bits per heavy atom. The zero-order valence-electron chi connectivity index (χ0n) is 15.8. The molecule has 0 unspecified atom stereocenters. The fourth-order valence-electron chi connectivity index (χ4n) is 3.56. The van der Waals surface area contributed by atoms with Crippen molar-refractivity contribution in [1.29, 1.82) is 0 Å². The summed E-state index contributed by atoms with van der Waals surface area (Å²) in [6, 6.07) is -0.220. The predicted molar refractivity (Wildman–Crippen MR) is 98.6 cm³/mol. The van der Waals surface area contributed by atoms with Gasteiger partial charge in [-0.3, -0.25) is 14.3 Å². The van der Waals surface area contributed by atoms with Crippen molar-refractivity contribution >= 4 is 0 Å². The van der Waals surface area contributed by atoms with E-state index in [1.807, 2.05) is 4.68 Å². The van der Waals surface area contributed by atoms with Crippen LogP contribution in [0.3, 0.4) is 0 Å². The van der Waals surface area contributed by atoms with E-state index in [0.29, 0.717) is 12.0 Å². The number of hydrogen-bond acceptors (Lipinski definition) is 6. The van der Waals surface area contributed by atoms with Crippen LogP contribution in [0.4, 0.5) is 0 Å². The molecule has 0 bridgehead atoms. The zero-order chi connectivity index (χ0) is 19.4. The van der Waals surface area contributed by atoms with Gasteiger partial charge in [-0.05, 0) is 19.8 Å². The molecular weight excluding hydrogens is 350 g/mol. The van der Waals surface area contributed by atoms with Gasteiger partial charge in [0.1, 0.15) is 12.3 Å². The van der Waals surface area contributed by atoms with E-state index >= 15 is 0 Å². The third kappa shape index (κ3) is 4.19. The number of hydrogen-bond donors (Lipinski definition) is 2. The molecule has 1 aliphatic heterocycles. The Labute approximate surface area is 157 Å². The normalized spacial score (nSPS) is 22.4. The van der Waals surface area contributed by atoms with E-state index in [9.17, 15) is 14.7 Å². The van der Waals surface area contributed by atoms with E-state index in [1.54, 1.807) is 13.1 Å². The van der Waals surface area contributed by atoms with Crippen molar-refractivity contribution in [2.75, 3.05) is 6.61 Å². The molecular formula is C18H27N5O4. The lowest BCUT2D eigenvalue weighted by Gasteiger charge is -2.18. The first-order chi connectivity index (χ1) is 13.0. The molecule has 0 radical (unpaired) electrons. The third-order valence-electron chi connectivity index (χ3n) is 5.09. The second-order valence-corrected chi connectivity index (χ2v) is 7.07. The molecule has 3 atom stereocenters. The molecule has 2 aromatic rings. The number of nitrogens with zero attached hydrogens (tertiary/aromatic N) is 4. The van der Waals surface area contributed by atoms with Crippen LogP contribution < -0.4 is 11.2 Å². The standard InChI is InChI=1S/C18H27N5O4/c1-3-4-5-6-7-13-9-19-21-23(13)14-8-16(27-15(14)11-24)22-10-12(2)17(25)20-18(22)26/h9-10,14-16,24H,3-8,11H2,1-2H3,(H,20,25,26)/t14-,15+,16+/m0/s1. The largest absolute Gasteiger partial charge is 0.394 e. The van der Waals surface area contributed by atoms with E-state index in [4.69, 9.17) is 4.74 Å². The number of aromatic nitrogens is 5. The maximum absolute atomic E-state index is 12.2. The molecule has 9 nitrogen and oxygen atoms in total. The lowest BCUT2D eigenvalue weighted by Crippen LogP contribution is -2.33. The predicted octanol–water partition coefficient (Wildman–Crippen LogP) is 1.08. The van der Waals surface area contributed by atoms with Gasteiger partial charge in [0.05, 0.1) is 24.5 Å². The average molecular weight is 377 g/mol. The Balaban J connectivity index is 1.80. The molecule has 3 heterocycles. The van der Waals surface area contributed by atoms with Crippen LogP contribution >= 0.6 is 0 Å². The van der Waals surface area contributed by atoms with E-state index in [-0.39, 0.29) is 12.6 Å². The van der Waals surface area contributed by atoms with Gasteiger partial charge in [0, 0.05) is 18.2 Å². The second kappa shape index (κ2) is 8.62. The Morgan fingerprint density at radius 2 is 2.15 bits per heavy atom. The molecule has 0 aliphatic carbocycles. The number of aliphatic hydroxyl groups is 1. The van der Waals surface area contributed by atoms with Crippen molar-refractivity contribution in [3.63, 3.8) is 0 Å². The third-order valence-corrected chi connectivity index (χ3v) is 5.09. The molecule has 0 saturated carbocycles. The average Bonchev–Trinajstić information content (AvgIpc) is 3.28. The first-order valence-electron chi connectivity index (χ1n) is 9.52. The number of rotatable bonds is 8. The Hall–Kier alpha value is -2.26. The van der Waals surface area contributed by atoms with Gasteiger partial charge >= 0.3 is 5.69 Å². The van der Waals surface area contributed by atoms with E-state index in [2.05, 4.69) is 22.2 Å². The van der Waals surface area contributed by atoms with Crippen molar-refractivity contribution in [2.45, 2.75) is 70.7 Å². The van der Waals surface area contributed by atoms with Crippen LogP contribution in [-0.2, 0) is 11.2 Å². The van der Waals surface area contributed by atoms with Crippen LogP contribution in [0.5, 0.6) is 0 Å². The topological polar surface area (TPSA) is 115 Å². The van der Waals surface area contributed by atoms with Crippen molar-refractivity contribution in [2.24, 2.45) is 0 Å². The van der Waals surface area contributed by atoms with Gasteiger partial charge < -0.3 is 9.84 Å². The number of H-pyrrole nitrogens is 1. The van der Waals surface area contributed by atoms with Gasteiger partial charge in [-0.15, -0.1) is 5.10 Å². The van der Waals surface area contributed by atoms with Gasteiger partial charge in [0.2, 0.25) is 0 Å². The fraction of sp³-hybridized carbons (Fsp3) is 0.667. The van der Waals surface area contributed by atoms with Gasteiger partial charge in [-0.2, -0.15) is 0 Å². The lowest BCUT2D eigenvalue weighted by molar-refractivity contribution is -0.0325. The number of aryl methyl sites for hydroxylation is 2. The van der Waals surface area contributed by atoms with Gasteiger partial charge in [-0.25, -0.2) is 9.48 Å². The number of aliphatic hydroxyl groups excluding tert-OH is 1. The van der Waals surface area contributed by atoms with Crippen LogP contribution in [0.2, 0.25) is 0 Å². The first kappa shape index (κ1) is 19.5. The Morgan fingerprint density at radius 3 is 2.89 bits per heavy atom. The molecule has 2 N–H and O–H groups in total. The summed E-state index contributed by atoms with van der Waals surface area (Å²) in [5, 5.41) is 18.0. The smallest absolute Gasteiger partial charge is 0.330 e. The van der Waals surface area contributed by atoms with Gasteiger partial charge in [0.15, 0.2) is 0 Å². The second-order valence-electron chi connectivity index (χ2n) is 7.07. The highest BCUT2D eigenvalue weighted by Gasteiger charge is 2.39. The SMILES string of the molecule is CCCCCCc1cnnn1[C@H]1C[C@H](n2cc(C)c(=O)[nH]c2=O)O[C@@H]1CO. The molecule has 3 rings (SSSR count). The minimum Gasteiger partial charge on any atom is -0.394 e. The van der Waals surface area contributed by atoms with Crippen LogP contribution in [0.15, 0.2) is 22.0 Å². The minimum atomic E-state index is -0.577. The molecule has 1 saturated heterocycles. The van der Waals surface area contributed by atoms with Crippen molar-refractivity contribution in [3.8, 4) is 0 Å². The highest BCUT2D eigenvalue weighted by atomic mass is 16.5. The van der Waals surface area contributed by atoms with E-state index in [0.717, 1.165) is 25.0 Å². The maximum atomic E-state index is 12.2. The highest BCUT2D eigenvalue weighted by molar-refractivity contribution is 5.03. The van der Waals surface area contributed by atoms with Gasteiger partial charge in [-0.1, -0.05) is 31.4 Å². The summed E-state index contributed by atoms with van der Waals surface area (Å²) in [5.74, 6) is 0. The van der Waals surface area contributed by atoms with E-state index in [1.165, 1.54) is 23.6 Å². The monoisotopic (exact) mass is 377 g/mol. The summed E-state index contributed by atoms with van der Waals surface area (Å²) in [6.07, 6.45) is 8.09. The van der Waals surface area contributed by atoms with Crippen molar-refractivity contribution in [1.82, 2.24) is 24.5 Å². The molecule has 0 aromatic carbocycles. The van der Waals surface area contributed by atoms with Crippen LogP contribution in [0.25, 0.3) is 0 Å². The molecule has 0 spiro atoms. The number of nitrogens with one attached hydrogen (secondary N) is 1. The summed E-state index contributed by atoms with van der Waals surface area (Å²) in [5.41, 5.74) is 0.504. The molecule has 27 heavy (non-hydrogen) atoms. The van der Waals surface area contributed by atoms with Crippen LogP contribution in [0.1, 0.15) is 62.6 Å². The molecule has 0 amide bonds. The first-order valence-corrected chi connectivity index (χ1v) is 9.52. The molecule has 2 aromatic heterocycles. The van der Waals surface area contributed by atoms with Crippen LogP contribution in [-0.4, -0.2) is 42.4 Å². The quantitative estimate of drug-likeness (QED) is 0.665. The summed E-state index contributed by atoms with van der Waals surface area (Å²) >= 11 is 0. The Bertz CT molecular complexity index is 871. The summed E-state index contributed by atoms with van der Waals surface area (Å²) in [6.45, 7) is 3.62. The van der Waals surface area contributed by atoms with Gasteiger partial charge in [0.25, 0.3) is 5.56 Å². The number of aromatic amines is 1. The summed E-state index contributed by atoms with van der Waals surface area (Å²) < 4.78 is 9.10. The Kier molecular flexibility index (Phi) is 6.22. The zero-order valence-corrected chi connectivity index (χ0v) is 15.8. The minimum absolute atomic E-state index is 0.187. The highest BCUT2D eigenvalue weighted by Crippen LogP contribution is 2.36. The molecule has 1 aliphatic rings. The van der Waals surface area contributed by atoms with Crippen molar-refractivity contribution < 1.29 is 9.84 Å². The number of unbranched alkanes of at least 4 members (excludes halogenated alkanes) is 3. The lowest BCUT2D eigenvalue weighted by atomic mass is 10.1. The molecule has 1 fully saturated rings. The molecule has 9 heteroatoms. The summed E-state index contributed by atoms with van der Waals surface area (Å²) in [4.78, 5) is 26.1. The van der Waals surface area contributed by atoms with Crippen LogP contribution in [0, 0.1) is 6.92 Å². The summed E-state index contributed by atoms with van der Waals surface area (Å²) in [7, 11) is 0. The molecule has 148 valence electrons. The maximum Gasteiger partial charge on any atom is 0.330 e. The van der Waals surface area contributed by atoms with E-state index < -0.39 is 23.6 Å². The fourth-order valence-corrected chi connectivity index (χ4v) is 3.56.